The number of aliphatic imine (C=N–C) groups is 1. The summed E-state index contributed by atoms with van der Waals surface area (Å²) in [4.78, 5) is 30.3. The van der Waals surface area contributed by atoms with Crippen LogP contribution in [0.2, 0.25) is 0 Å². The van der Waals surface area contributed by atoms with Gasteiger partial charge in [0.1, 0.15) is 0 Å². The molecule has 0 bridgehead atoms. The average Bonchev–Trinajstić information content (AvgIpc) is 2.69. The van der Waals surface area contributed by atoms with Crippen molar-refractivity contribution in [1.29, 1.82) is 0 Å². The van der Waals surface area contributed by atoms with Crippen LogP contribution in [0.3, 0.4) is 0 Å². The van der Waals surface area contributed by atoms with Crippen molar-refractivity contribution in [2.24, 2.45) is 10.9 Å². The van der Waals surface area contributed by atoms with Gasteiger partial charge in [-0.3, -0.25) is 14.6 Å². The Hall–Kier alpha value is -1.84. The van der Waals surface area contributed by atoms with Gasteiger partial charge < -0.3 is 20.3 Å². The van der Waals surface area contributed by atoms with E-state index in [2.05, 4.69) is 20.5 Å². The number of carbonyl (C=O) groups excluding carboxylic acids is 2. The first kappa shape index (κ1) is 24.2. The first-order valence-electron chi connectivity index (χ1n) is 9.58. The molecule has 8 heteroatoms. The lowest BCUT2D eigenvalue weighted by atomic mass is 9.98. The lowest BCUT2D eigenvalue weighted by Gasteiger charge is -2.34. The fraction of sp³-hybridized carbons (Fsp3) is 0.550. The van der Waals surface area contributed by atoms with Crippen LogP contribution < -0.4 is 10.6 Å². The lowest BCUT2D eigenvalue weighted by Crippen LogP contribution is -2.48. The number of hydrogen-bond acceptors (Lipinski definition) is 4. The molecule has 1 aromatic carbocycles. The smallest absolute Gasteiger partial charge is 0.310 e. The number of amides is 1. The summed E-state index contributed by atoms with van der Waals surface area (Å²) in [5, 5.41) is 6.13. The molecule has 1 aromatic rings. The van der Waals surface area contributed by atoms with Gasteiger partial charge in [-0.05, 0) is 44.4 Å². The molecule has 2 rings (SSSR count). The fourth-order valence-corrected chi connectivity index (χ4v) is 3.17. The van der Waals surface area contributed by atoms with Crippen molar-refractivity contribution in [2.75, 3.05) is 33.3 Å². The minimum atomic E-state index is -0.126. The molecule has 0 saturated carbocycles. The largest absolute Gasteiger partial charge is 0.466 e. The molecule has 0 radical (unpaired) electrons. The van der Waals surface area contributed by atoms with Crippen LogP contribution in [-0.2, 0) is 16.1 Å². The fourth-order valence-electron chi connectivity index (χ4n) is 3.17. The van der Waals surface area contributed by atoms with Gasteiger partial charge in [-0.2, -0.15) is 0 Å². The van der Waals surface area contributed by atoms with Gasteiger partial charge in [-0.1, -0.05) is 12.1 Å². The van der Waals surface area contributed by atoms with Crippen LogP contribution in [0.15, 0.2) is 29.3 Å². The molecular weight excluding hydrogens is 471 g/mol. The van der Waals surface area contributed by atoms with Crippen molar-refractivity contribution in [2.45, 2.75) is 33.2 Å². The summed E-state index contributed by atoms with van der Waals surface area (Å²) in [7, 11) is 1.74. The number of piperidine rings is 1. The zero-order valence-electron chi connectivity index (χ0n) is 16.9. The van der Waals surface area contributed by atoms with E-state index in [1.165, 1.54) is 0 Å². The van der Waals surface area contributed by atoms with E-state index in [0.29, 0.717) is 31.8 Å². The molecule has 0 aliphatic carbocycles. The molecule has 28 heavy (non-hydrogen) atoms. The number of nitrogens with zero attached hydrogens (tertiary/aromatic N) is 2. The van der Waals surface area contributed by atoms with Gasteiger partial charge in [0, 0.05) is 38.8 Å². The molecule has 7 nitrogen and oxygen atoms in total. The van der Waals surface area contributed by atoms with E-state index >= 15 is 0 Å². The van der Waals surface area contributed by atoms with E-state index in [-0.39, 0.29) is 41.8 Å². The van der Waals surface area contributed by atoms with Crippen molar-refractivity contribution >= 4 is 41.8 Å². The van der Waals surface area contributed by atoms with Gasteiger partial charge in [0.2, 0.25) is 0 Å². The summed E-state index contributed by atoms with van der Waals surface area (Å²) in [5.74, 6) is 0.482. The summed E-state index contributed by atoms with van der Waals surface area (Å²) in [6.45, 7) is 6.84. The Labute approximate surface area is 184 Å². The second-order valence-corrected chi connectivity index (χ2v) is 6.49. The van der Waals surface area contributed by atoms with Crippen LogP contribution in [0, 0.1) is 5.92 Å². The number of ether oxygens (including phenoxy) is 1. The normalized spacial score (nSPS) is 16.8. The maximum Gasteiger partial charge on any atom is 0.310 e. The van der Waals surface area contributed by atoms with Gasteiger partial charge in [0.15, 0.2) is 5.96 Å². The van der Waals surface area contributed by atoms with Crippen molar-refractivity contribution in [3.05, 3.63) is 35.4 Å². The molecule has 2 N–H and O–H groups in total. The standard InChI is InChI=1S/C20H30N4O3.HI/c1-4-22-18(25)16-10-8-15(9-11-16)13-23-20(21-3)24-12-6-7-17(14-24)19(26)27-5-2;/h8-11,17H,4-7,12-14H2,1-3H3,(H,21,23)(H,22,25);1H. The van der Waals surface area contributed by atoms with Gasteiger partial charge >= 0.3 is 5.97 Å². The highest BCUT2D eigenvalue weighted by Crippen LogP contribution is 2.18. The Morgan fingerprint density at radius 1 is 1.21 bits per heavy atom. The Kier molecular flexibility index (Phi) is 10.9. The predicted molar refractivity (Wildman–Crippen MR) is 121 cm³/mol. The maximum atomic E-state index is 12.0. The van der Waals surface area contributed by atoms with Crippen molar-refractivity contribution in [3.63, 3.8) is 0 Å². The van der Waals surface area contributed by atoms with Gasteiger partial charge in [-0.25, -0.2) is 0 Å². The molecule has 0 spiro atoms. The summed E-state index contributed by atoms with van der Waals surface area (Å²) >= 11 is 0. The molecule has 156 valence electrons. The van der Waals surface area contributed by atoms with Crippen LogP contribution >= 0.6 is 24.0 Å². The number of hydrogen-bond donors (Lipinski definition) is 2. The number of nitrogens with one attached hydrogen (secondary N) is 2. The average molecular weight is 502 g/mol. The summed E-state index contributed by atoms with van der Waals surface area (Å²) in [6.07, 6.45) is 1.79. The summed E-state index contributed by atoms with van der Waals surface area (Å²) < 4.78 is 5.16. The Bertz CT molecular complexity index is 664. The first-order valence-corrected chi connectivity index (χ1v) is 9.58. The molecule has 1 unspecified atom stereocenters. The van der Waals surface area contributed by atoms with E-state index in [1.807, 2.05) is 38.1 Å². The topological polar surface area (TPSA) is 83.0 Å². The second-order valence-electron chi connectivity index (χ2n) is 6.49. The summed E-state index contributed by atoms with van der Waals surface area (Å²) in [6, 6.07) is 7.51. The first-order chi connectivity index (χ1) is 13.1. The van der Waals surface area contributed by atoms with Crippen LogP contribution in [0.4, 0.5) is 0 Å². The molecule has 1 fully saturated rings. The number of halogens is 1. The number of esters is 1. The van der Waals surface area contributed by atoms with Crippen molar-refractivity contribution < 1.29 is 14.3 Å². The zero-order valence-corrected chi connectivity index (χ0v) is 19.2. The highest BCUT2D eigenvalue weighted by Gasteiger charge is 2.28. The Balaban J connectivity index is 0.00000392. The monoisotopic (exact) mass is 502 g/mol. The van der Waals surface area contributed by atoms with Crippen molar-refractivity contribution in [1.82, 2.24) is 15.5 Å². The van der Waals surface area contributed by atoms with E-state index in [9.17, 15) is 9.59 Å². The predicted octanol–water partition coefficient (Wildman–Crippen LogP) is 2.40. The minimum absolute atomic E-state index is 0. The van der Waals surface area contributed by atoms with Gasteiger partial charge in [0.05, 0.1) is 12.5 Å². The van der Waals surface area contributed by atoms with E-state index in [4.69, 9.17) is 4.74 Å². The number of benzene rings is 1. The Morgan fingerprint density at radius 2 is 1.93 bits per heavy atom. The van der Waals surface area contributed by atoms with Gasteiger partial charge in [-0.15, -0.1) is 24.0 Å². The third-order valence-electron chi connectivity index (χ3n) is 4.56. The molecule has 1 aliphatic heterocycles. The number of carbonyl (C=O) groups is 2. The molecule has 1 heterocycles. The molecule has 1 atom stereocenters. The highest BCUT2D eigenvalue weighted by molar-refractivity contribution is 14.0. The number of guanidine groups is 1. The molecule has 1 aliphatic rings. The van der Waals surface area contributed by atoms with Crippen LogP contribution in [0.5, 0.6) is 0 Å². The summed E-state index contributed by atoms with van der Waals surface area (Å²) in [5.41, 5.74) is 1.71. The molecule has 1 saturated heterocycles. The number of likely N-dealkylation sites (tertiary alicyclic amines) is 1. The zero-order chi connectivity index (χ0) is 19.6. The van der Waals surface area contributed by atoms with E-state index < -0.39 is 0 Å². The van der Waals surface area contributed by atoms with Crippen LogP contribution in [0.25, 0.3) is 0 Å². The van der Waals surface area contributed by atoms with Crippen molar-refractivity contribution in [3.8, 4) is 0 Å². The second kappa shape index (κ2) is 12.6. The molecular formula is C20H31IN4O3. The lowest BCUT2D eigenvalue weighted by molar-refractivity contribution is -0.149. The quantitative estimate of drug-likeness (QED) is 0.270. The molecule has 1 amide bonds. The van der Waals surface area contributed by atoms with Gasteiger partial charge in [0.25, 0.3) is 5.91 Å². The molecule has 0 aromatic heterocycles. The van der Waals surface area contributed by atoms with E-state index in [0.717, 1.165) is 30.9 Å². The van der Waals surface area contributed by atoms with Crippen LogP contribution in [0.1, 0.15) is 42.6 Å². The van der Waals surface area contributed by atoms with Crippen LogP contribution in [-0.4, -0.2) is 56.0 Å². The number of rotatable bonds is 6. The third-order valence-corrected chi connectivity index (χ3v) is 4.56. The van der Waals surface area contributed by atoms with E-state index in [1.54, 1.807) is 7.05 Å². The maximum absolute atomic E-state index is 12.0. The highest BCUT2D eigenvalue weighted by atomic mass is 127. The third kappa shape index (κ3) is 6.96. The minimum Gasteiger partial charge on any atom is -0.466 e. The SMILES string of the molecule is CCNC(=O)c1ccc(CNC(=NC)N2CCCC(C(=O)OCC)C2)cc1.I. The Morgan fingerprint density at radius 3 is 2.54 bits per heavy atom.